The molecular formula is C23H31F3N4O2. The second-order valence-electron chi connectivity index (χ2n) is 9.42. The lowest BCUT2D eigenvalue weighted by molar-refractivity contribution is -0.137. The van der Waals surface area contributed by atoms with Crippen molar-refractivity contribution in [1.29, 1.82) is 0 Å². The van der Waals surface area contributed by atoms with Gasteiger partial charge in [-0.1, -0.05) is 20.8 Å². The first-order valence-corrected chi connectivity index (χ1v) is 10.7. The third-order valence-electron chi connectivity index (χ3n) is 5.66. The maximum absolute atomic E-state index is 13.3. The zero-order valence-electron chi connectivity index (χ0n) is 19.5. The quantitative estimate of drug-likeness (QED) is 0.701. The summed E-state index contributed by atoms with van der Waals surface area (Å²) >= 11 is 0. The van der Waals surface area contributed by atoms with E-state index in [-0.39, 0.29) is 17.1 Å². The van der Waals surface area contributed by atoms with Gasteiger partial charge in [-0.3, -0.25) is 14.2 Å². The Morgan fingerprint density at radius 2 is 1.91 bits per heavy atom. The van der Waals surface area contributed by atoms with Gasteiger partial charge in [-0.15, -0.1) is 0 Å². The molecule has 1 fully saturated rings. The number of amides is 1. The summed E-state index contributed by atoms with van der Waals surface area (Å²) in [6.07, 6.45) is -2.65. The topological polar surface area (TPSA) is 51.8 Å². The molecule has 1 saturated heterocycles. The average molecular weight is 453 g/mol. The number of carbonyl (C=O) groups excluding carboxylic acids is 1. The lowest BCUT2D eigenvalue weighted by Crippen LogP contribution is -2.30. The number of ether oxygens (including phenoxy) is 1. The normalized spacial score (nSPS) is 17.8. The van der Waals surface area contributed by atoms with Crippen molar-refractivity contribution in [2.75, 3.05) is 25.6 Å². The molecule has 1 aromatic heterocycles. The SMILES string of the molecule is CN(C)c1ccc(C(F)(F)F)cc1C(=O)N=c1cc(C(C)(C)C)n(C)n1C[C@H]1CCCO1. The van der Waals surface area contributed by atoms with Gasteiger partial charge < -0.3 is 9.64 Å². The lowest BCUT2D eigenvalue weighted by atomic mass is 9.92. The Balaban J connectivity index is 2.14. The average Bonchev–Trinajstić information content (AvgIpc) is 3.30. The third-order valence-corrected chi connectivity index (χ3v) is 5.66. The summed E-state index contributed by atoms with van der Waals surface area (Å²) in [4.78, 5) is 19.1. The van der Waals surface area contributed by atoms with Crippen LogP contribution in [0.4, 0.5) is 18.9 Å². The van der Waals surface area contributed by atoms with E-state index < -0.39 is 17.6 Å². The molecule has 9 heteroatoms. The highest BCUT2D eigenvalue weighted by atomic mass is 19.4. The molecule has 0 bridgehead atoms. The number of rotatable bonds is 4. The summed E-state index contributed by atoms with van der Waals surface area (Å²) in [5.41, 5.74) is 0.560. The van der Waals surface area contributed by atoms with Crippen molar-refractivity contribution in [2.45, 2.75) is 57.9 Å². The maximum Gasteiger partial charge on any atom is 0.416 e. The van der Waals surface area contributed by atoms with Crippen molar-refractivity contribution < 1.29 is 22.7 Å². The second kappa shape index (κ2) is 8.77. The second-order valence-corrected chi connectivity index (χ2v) is 9.42. The third kappa shape index (κ3) is 5.09. The van der Waals surface area contributed by atoms with Crippen molar-refractivity contribution >= 4 is 11.6 Å². The van der Waals surface area contributed by atoms with E-state index in [4.69, 9.17) is 4.74 Å². The Bertz CT molecular complexity index is 1050. The van der Waals surface area contributed by atoms with Crippen molar-refractivity contribution in [3.8, 4) is 0 Å². The van der Waals surface area contributed by atoms with Gasteiger partial charge >= 0.3 is 6.18 Å². The van der Waals surface area contributed by atoms with Gasteiger partial charge in [0.1, 0.15) is 0 Å². The van der Waals surface area contributed by atoms with E-state index in [1.165, 1.54) is 6.07 Å². The highest BCUT2D eigenvalue weighted by molar-refractivity contribution is 6.00. The zero-order chi connectivity index (χ0) is 23.8. The summed E-state index contributed by atoms with van der Waals surface area (Å²) in [7, 11) is 5.25. The molecule has 1 atom stereocenters. The molecule has 0 spiro atoms. The number of hydrogen-bond acceptors (Lipinski definition) is 3. The molecule has 0 N–H and O–H groups in total. The van der Waals surface area contributed by atoms with Crippen LogP contribution in [0.5, 0.6) is 0 Å². The Morgan fingerprint density at radius 1 is 1.22 bits per heavy atom. The van der Waals surface area contributed by atoms with Crippen molar-refractivity contribution in [3.05, 3.63) is 46.6 Å². The van der Waals surface area contributed by atoms with Crippen LogP contribution in [0.3, 0.4) is 0 Å². The molecular weight excluding hydrogens is 421 g/mol. The van der Waals surface area contributed by atoms with Gasteiger partial charge in [0, 0.05) is 50.6 Å². The summed E-state index contributed by atoms with van der Waals surface area (Å²) in [5, 5.41) is 0. The van der Waals surface area contributed by atoms with Gasteiger partial charge in [-0.2, -0.15) is 18.2 Å². The summed E-state index contributed by atoms with van der Waals surface area (Å²) in [6, 6.07) is 4.98. The van der Waals surface area contributed by atoms with E-state index in [0.29, 0.717) is 24.3 Å². The van der Waals surface area contributed by atoms with Crippen LogP contribution in [-0.4, -0.2) is 42.1 Å². The minimum absolute atomic E-state index is 0.0105. The summed E-state index contributed by atoms with van der Waals surface area (Å²) in [5.74, 6) is -0.716. The molecule has 1 aromatic carbocycles. The maximum atomic E-state index is 13.3. The lowest BCUT2D eigenvalue weighted by Gasteiger charge is -2.21. The predicted octanol–water partition coefficient (Wildman–Crippen LogP) is 4.13. The zero-order valence-corrected chi connectivity index (χ0v) is 19.5. The van der Waals surface area contributed by atoms with Crippen LogP contribution in [0.15, 0.2) is 29.3 Å². The molecule has 1 aliphatic rings. The molecule has 3 rings (SSSR count). The van der Waals surface area contributed by atoms with Crippen LogP contribution in [0.1, 0.15) is 55.2 Å². The van der Waals surface area contributed by atoms with E-state index >= 15 is 0 Å². The highest BCUT2D eigenvalue weighted by Gasteiger charge is 2.32. The Morgan fingerprint density at radius 3 is 2.44 bits per heavy atom. The molecule has 0 aliphatic carbocycles. The van der Waals surface area contributed by atoms with Gasteiger partial charge in [0.25, 0.3) is 5.91 Å². The molecule has 1 amide bonds. The molecule has 0 radical (unpaired) electrons. The van der Waals surface area contributed by atoms with E-state index in [1.807, 2.05) is 22.5 Å². The fourth-order valence-corrected chi connectivity index (χ4v) is 4.00. The Kier molecular flexibility index (Phi) is 6.60. The predicted molar refractivity (Wildman–Crippen MR) is 117 cm³/mol. The largest absolute Gasteiger partial charge is 0.416 e. The minimum atomic E-state index is -4.55. The first kappa shape index (κ1) is 24.1. The Labute approximate surface area is 186 Å². The molecule has 2 heterocycles. The number of carbonyl (C=O) groups is 1. The number of halogens is 3. The van der Waals surface area contributed by atoms with Gasteiger partial charge in [-0.25, -0.2) is 0 Å². The molecule has 1 aliphatic heterocycles. The number of anilines is 1. The first-order chi connectivity index (χ1) is 14.8. The smallest absolute Gasteiger partial charge is 0.377 e. The molecule has 6 nitrogen and oxygen atoms in total. The van der Waals surface area contributed by atoms with Gasteiger partial charge in [-0.05, 0) is 31.0 Å². The van der Waals surface area contributed by atoms with E-state index in [9.17, 15) is 18.0 Å². The van der Waals surface area contributed by atoms with E-state index in [1.54, 1.807) is 19.0 Å². The van der Waals surface area contributed by atoms with Gasteiger partial charge in [0.05, 0.1) is 23.8 Å². The van der Waals surface area contributed by atoms with Crippen molar-refractivity contribution in [3.63, 3.8) is 0 Å². The van der Waals surface area contributed by atoms with Gasteiger partial charge in [0.2, 0.25) is 0 Å². The van der Waals surface area contributed by atoms with Crippen LogP contribution in [-0.2, 0) is 29.9 Å². The summed E-state index contributed by atoms with van der Waals surface area (Å²) < 4.78 is 49.5. The van der Waals surface area contributed by atoms with Crippen molar-refractivity contribution in [1.82, 2.24) is 9.36 Å². The Hall–Kier alpha value is -2.55. The fraction of sp³-hybridized carbons (Fsp3) is 0.565. The number of alkyl halides is 3. The van der Waals surface area contributed by atoms with Crippen LogP contribution < -0.4 is 10.4 Å². The summed E-state index contributed by atoms with van der Waals surface area (Å²) in [6.45, 7) is 7.38. The monoisotopic (exact) mass is 452 g/mol. The molecule has 2 aromatic rings. The van der Waals surface area contributed by atoms with Crippen molar-refractivity contribution in [2.24, 2.45) is 12.0 Å². The van der Waals surface area contributed by atoms with E-state index in [2.05, 4.69) is 25.8 Å². The van der Waals surface area contributed by atoms with Crippen LogP contribution in [0, 0.1) is 0 Å². The van der Waals surface area contributed by atoms with Gasteiger partial charge in [0.15, 0.2) is 5.49 Å². The molecule has 32 heavy (non-hydrogen) atoms. The van der Waals surface area contributed by atoms with E-state index in [0.717, 1.165) is 30.7 Å². The minimum Gasteiger partial charge on any atom is -0.377 e. The highest BCUT2D eigenvalue weighted by Crippen LogP contribution is 2.33. The number of benzene rings is 1. The molecule has 176 valence electrons. The number of aromatic nitrogens is 2. The standard InChI is InChI=1S/C23H31F3N4O2/c1-22(2,3)19-13-20(30(29(19)6)14-16-8-7-11-32-16)27-21(31)17-12-15(23(24,25)26)9-10-18(17)28(4)5/h9-10,12-13,16H,7-8,11,14H2,1-6H3/t16-/m1/s1. The molecule has 0 saturated carbocycles. The fourth-order valence-electron chi connectivity index (χ4n) is 4.00. The van der Waals surface area contributed by atoms with Crippen LogP contribution in [0.25, 0.3) is 0 Å². The first-order valence-electron chi connectivity index (χ1n) is 10.7. The van der Waals surface area contributed by atoms with Crippen LogP contribution in [0.2, 0.25) is 0 Å². The number of hydrogen-bond donors (Lipinski definition) is 0. The number of nitrogens with zero attached hydrogens (tertiary/aromatic N) is 4. The van der Waals surface area contributed by atoms with Crippen LogP contribution >= 0.6 is 0 Å². The molecule has 0 unspecified atom stereocenters.